The van der Waals surface area contributed by atoms with E-state index in [9.17, 15) is 23.7 Å². The number of amides is 1. The van der Waals surface area contributed by atoms with E-state index in [-0.39, 0.29) is 17.0 Å². The van der Waals surface area contributed by atoms with E-state index in [1.165, 1.54) is 48.8 Å². The van der Waals surface area contributed by atoms with Crippen LogP contribution in [-0.2, 0) is 0 Å². The summed E-state index contributed by atoms with van der Waals surface area (Å²) < 4.78 is 31.8. The van der Waals surface area contributed by atoms with Crippen LogP contribution in [0.3, 0.4) is 0 Å². The molecule has 0 spiro atoms. The summed E-state index contributed by atoms with van der Waals surface area (Å²) in [4.78, 5) is 27.6. The van der Waals surface area contributed by atoms with Crippen LogP contribution in [0, 0.1) is 21.7 Å². The fourth-order valence-electron chi connectivity index (χ4n) is 2.29. The summed E-state index contributed by atoms with van der Waals surface area (Å²) in [6.45, 7) is 0. The summed E-state index contributed by atoms with van der Waals surface area (Å²) >= 11 is 0. The van der Waals surface area contributed by atoms with E-state index in [2.05, 4.69) is 4.99 Å². The zero-order valence-electron chi connectivity index (χ0n) is 13.1. The van der Waals surface area contributed by atoms with Gasteiger partial charge >= 0.3 is 6.09 Å². The molecule has 3 rings (SSSR count). The van der Waals surface area contributed by atoms with Crippen LogP contribution in [0.15, 0.2) is 59.7 Å². The molecule has 1 aliphatic heterocycles. The van der Waals surface area contributed by atoms with Crippen molar-refractivity contribution in [1.29, 1.82) is 0 Å². The van der Waals surface area contributed by atoms with Crippen molar-refractivity contribution in [3.63, 3.8) is 0 Å². The quantitative estimate of drug-likeness (QED) is 0.613. The molecule has 1 atom stereocenters. The van der Waals surface area contributed by atoms with Gasteiger partial charge in [0.1, 0.15) is 5.75 Å². The van der Waals surface area contributed by atoms with Crippen LogP contribution < -0.4 is 4.74 Å². The largest absolute Gasteiger partial charge is 0.421 e. The first kappa shape index (κ1) is 17.2. The molecule has 2 aromatic rings. The lowest BCUT2D eigenvalue weighted by atomic mass is 10.1. The number of benzene rings is 2. The lowest BCUT2D eigenvalue weighted by Crippen LogP contribution is -2.33. The van der Waals surface area contributed by atoms with Crippen LogP contribution in [0.5, 0.6) is 5.75 Å². The van der Waals surface area contributed by atoms with E-state index in [0.717, 1.165) is 17.0 Å². The number of hydrogen-bond donors (Lipinski definition) is 0. The van der Waals surface area contributed by atoms with Gasteiger partial charge in [0.2, 0.25) is 0 Å². The second-order valence-electron chi connectivity index (χ2n) is 5.21. The molecule has 0 radical (unpaired) electrons. The summed E-state index contributed by atoms with van der Waals surface area (Å²) in [6.07, 6.45) is 2.52. The average molecular weight is 359 g/mol. The molecular weight excluding hydrogens is 348 g/mol. The van der Waals surface area contributed by atoms with Gasteiger partial charge in [-0.1, -0.05) is 6.07 Å². The number of nitrogens with zero attached hydrogens (tertiary/aromatic N) is 3. The van der Waals surface area contributed by atoms with Crippen LogP contribution in [0.25, 0.3) is 0 Å². The van der Waals surface area contributed by atoms with E-state index in [4.69, 9.17) is 4.74 Å². The average Bonchev–Trinajstić information content (AvgIpc) is 2.64. The topological polar surface area (TPSA) is 85.0 Å². The molecule has 26 heavy (non-hydrogen) atoms. The lowest BCUT2D eigenvalue weighted by molar-refractivity contribution is -0.384. The van der Waals surface area contributed by atoms with Gasteiger partial charge in [0.25, 0.3) is 5.69 Å². The zero-order chi connectivity index (χ0) is 18.7. The molecule has 1 aliphatic rings. The third kappa shape index (κ3) is 3.56. The standard InChI is InChI=1S/C17H11F2N3O4/c18-14-7-2-11(10-15(14)19)16-20-8-1-9-21(16)17(23)26-13-5-3-12(4-6-13)22(24)25/h1-10,16H/t16-/m0/s1. The Labute approximate surface area is 146 Å². The summed E-state index contributed by atoms with van der Waals surface area (Å²) in [7, 11) is 0. The number of carbonyl (C=O) groups is 1. The molecule has 9 heteroatoms. The molecule has 0 fully saturated rings. The van der Waals surface area contributed by atoms with Crippen LogP contribution >= 0.6 is 0 Å². The van der Waals surface area contributed by atoms with E-state index in [0.29, 0.717) is 0 Å². The van der Waals surface area contributed by atoms with Gasteiger partial charge in [-0.15, -0.1) is 0 Å². The molecule has 7 nitrogen and oxygen atoms in total. The molecule has 132 valence electrons. The van der Waals surface area contributed by atoms with Crippen molar-refractivity contribution in [1.82, 2.24) is 4.90 Å². The number of non-ortho nitro benzene ring substituents is 1. The van der Waals surface area contributed by atoms with Crippen molar-refractivity contribution < 1.29 is 23.2 Å². The summed E-state index contributed by atoms with van der Waals surface area (Å²) in [5.41, 5.74) is 0.108. The molecule has 0 aliphatic carbocycles. The van der Waals surface area contributed by atoms with Gasteiger partial charge in [0.05, 0.1) is 4.92 Å². The molecule has 0 saturated heterocycles. The SMILES string of the molecule is O=C(Oc1ccc([N+](=O)[O-])cc1)N1C=CC=N[C@@H]1c1ccc(F)c(F)c1. The van der Waals surface area contributed by atoms with Gasteiger partial charge in [-0.25, -0.2) is 13.6 Å². The predicted molar refractivity (Wildman–Crippen MR) is 87.7 cm³/mol. The number of rotatable bonds is 3. The minimum absolute atomic E-state index is 0.0904. The van der Waals surface area contributed by atoms with Gasteiger partial charge in [-0.2, -0.15) is 0 Å². The van der Waals surface area contributed by atoms with Crippen LogP contribution in [0.1, 0.15) is 11.7 Å². The highest BCUT2D eigenvalue weighted by atomic mass is 19.2. The molecule has 0 saturated carbocycles. The number of aliphatic imine (C=N–C) groups is 1. The van der Waals surface area contributed by atoms with Crippen molar-refractivity contribution in [2.45, 2.75) is 6.17 Å². The van der Waals surface area contributed by atoms with Gasteiger partial charge in [-0.3, -0.25) is 20.0 Å². The molecule has 0 N–H and O–H groups in total. The summed E-state index contributed by atoms with van der Waals surface area (Å²) in [5.74, 6) is -1.98. The fraction of sp³-hybridized carbons (Fsp3) is 0.0588. The maximum Gasteiger partial charge on any atom is 0.421 e. The van der Waals surface area contributed by atoms with Crippen molar-refractivity contribution in [3.8, 4) is 5.75 Å². The first-order valence-electron chi connectivity index (χ1n) is 7.35. The monoisotopic (exact) mass is 359 g/mol. The van der Waals surface area contributed by atoms with E-state index in [1.807, 2.05) is 0 Å². The number of carbonyl (C=O) groups excluding carboxylic acids is 1. The number of hydrogen-bond acceptors (Lipinski definition) is 5. The number of ether oxygens (including phenoxy) is 1. The van der Waals surface area contributed by atoms with Crippen molar-refractivity contribution in [2.75, 3.05) is 0 Å². The Balaban J connectivity index is 1.80. The first-order valence-corrected chi connectivity index (χ1v) is 7.35. The minimum atomic E-state index is -1.06. The van der Waals surface area contributed by atoms with Crippen molar-refractivity contribution >= 4 is 18.0 Å². The Bertz CT molecular complexity index is 913. The Hall–Kier alpha value is -3.62. The van der Waals surface area contributed by atoms with Gasteiger partial charge < -0.3 is 4.74 Å². The zero-order valence-corrected chi connectivity index (χ0v) is 13.1. The van der Waals surface area contributed by atoms with Crippen molar-refractivity contribution in [3.05, 3.63) is 82.1 Å². The second kappa shape index (κ2) is 7.09. The van der Waals surface area contributed by atoms with E-state index < -0.39 is 28.8 Å². The van der Waals surface area contributed by atoms with Crippen LogP contribution in [0.2, 0.25) is 0 Å². The smallest absolute Gasteiger partial charge is 0.410 e. The number of halogens is 2. The normalized spacial score (nSPS) is 15.8. The van der Waals surface area contributed by atoms with Crippen LogP contribution in [0.4, 0.5) is 19.3 Å². The van der Waals surface area contributed by atoms with Gasteiger partial charge in [0.15, 0.2) is 17.8 Å². The highest BCUT2D eigenvalue weighted by Gasteiger charge is 2.26. The molecular formula is C17H11F2N3O4. The number of nitro groups is 1. The fourth-order valence-corrected chi connectivity index (χ4v) is 2.29. The Morgan fingerprint density at radius 2 is 1.88 bits per heavy atom. The van der Waals surface area contributed by atoms with Crippen LogP contribution in [-0.4, -0.2) is 22.1 Å². The second-order valence-corrected chi connectivity index (χ2v) is 5.21. The summed E-state index contributed by atoms with van der Waals surface area (Å²) in [6, 6.07) is 8.14. The van der Waals surface area contributed by atoms with Crippen molar-refractivity contribution in [2.24, 2.45) is 4.99 Å². The third-order valence-electron chi connectivity index (χ3n) is 3.53. The van der Waals surface area contributed by atoms with Gasteiger partial charge in [0, 0.05) is 30.1 Å². The molecule has 1 amide bonds. The molecule has 2 aromatic carbocycles. The molecule has 0 aromatic heterocycles. The van der Waals surface area contributed by atoms with Gasteiger partial charge in [-0.05, 0) is 30.3 Å². The summed E-state index contributed by atoms with van der Waals surface area (Å²) in [5, 5.41) is 10.6. The highest BCUT2D eigenvalue weighted by molar-refractivity contribution is 5.78. The third-order valence-corrected chi connectivity index (χ3v) is 3.53. The number of nitro benzene ring substituents is 1. The van der Waals surface area contributed by atoms with E-state index in [1.54, 1.807) is 0 Å². The maximum absolute atomic E-state index is 13.5. The van der Waals surface area contributed by atoms with E-state index >= 15 is 0 Å². The first-order chi connectivity index (χ1) is 12.5. The predicted octanol–water partition coefficient (Wildman–Crippen LogP) is 3.97. The Kier molecular flexibility index (Phi) is 4.70. The lowest BCUT2D eigenvalue weighted by Gasteiger charge is -2.27. The molecule has 0 unspecified atom stereocenters. The highest BCUT2D eigenvalue weighted by Crippen LogP contribution is 2.27. The Morgan fingerprint density at radius 1 is 1.15 bits per heavy atom. The minimum Gasteiger partial charge on any atom is -0.410 e. The molecule has 0 bridgehead atoms. The Morgan fingerprint density at radius 3 is 2.54 bits per heavy atom. The number of allylic oxidation sites excluding steroid dienone is 1. The maximum atomic E-state index is 13.5. The molecule has 1 heterocycles.